The molecule has 1 aliphatic rings. The van der Waals surface area contributed by atoms with Crippen molar-refractivity contribution >= 4 is 5.69 Å². The van der Waals surface area contributed by atoms with Crippen LogP contribution in [0.2, 0.25) is 0 Å². The van der Waals surface area contributed by atoms with E-state index in [1.54, 1.807) is 0 Å². The Kier molecular flexibility index (Phi) is 2.49. The lowest BCUT2D eigenvalue weighted by Gasteiger charge is -2.08. The molecule has 2 N–H and O–H groups in total. The van der Waals surface area contributed by atoms with Crippen LogP contribution in [-0.4, -0.2) is 20.2 Å². The Balaban J connectivity index is 2.06. The molecular formula is C15H21N5. The van der Waals surface area contributed by atoms with Crippen molar-refractivity contribution in [2.24, 2.45) is 10.8 Å². The number of hydrogen-bond acceptors (Lipinski definition) is 4. The molecule has 0 atom stereocenters. The third-order valence-electron chi connectivity index (χ3n) is 5.21. The fourth-order valence-electron chi connectivity index (χ4n) is 3.15. The van der Waals surface area contributed by atoms with E-state index in [0.717, 1.165) is 22.6 Å². The molecule has 20 heavy (non-hydrogen) atoms. The SMILES string of the molecule is Cc1cc(-c2nnnn2C2C(C)(C)C2(C)C)ccc1N. The van der Waals surface area contributed by atoms with Crippen LogP contribution in [-0.2, 0) is 0 Å². The molecule has 0 spiro atoms. The number of anilines is 1. The van der Waals surface area contributed by atoms with Crippen molar-refractivity contribution in [3.05, 3.63) is 23.8 Å². The predicted molar refractivity (Wildman–Crippen MR) is 79.0 cm³/mol. The second kappa shape index (κ2) is 3.81. The predicted octanol–water partition coefficient (Wildman–Crippen LogP) is 2.84. The van der Waals surface area contributed by atoms with E-state index in [1.165, 1.54) is 0 Å². The van der Waals surface area contributed by atoms with Crippen molar-refractivity contribution < 1.29 is 0 Å². The first-order valence-electron chi connectivity index (χ1n) is 6.91. The molecule has 1 aromatic heterocycles. The molecule has 3 rings (SSSR count). The molecule has 5 nitrogen and oxygen atoms in total. The lowest BCUT2D eigenvalue weighted by atomic mass is 10.0. The van der Waals surface area contributed by atoms with Crippen molar-refractivity contribution in [3.8, 4) is 11.4 Å². The van der Waals surface area contributed by atoms with Gasteiger partial charge in [0.25, 0.3) is 0 Å². The molecule has 1 heterocycles. The van der Waals surface area contributed by atoms with Gasteiger partial charge in [-0.15, -0.1) is 5.10 Å². The largest absolute Gasteiger partial charge is 0.399 e. The lowest BCUT2D eigenvalue weighted by molar-refractivity contribution is 0.457. The van der Waals surface area contributed by atoms with Gasteiger partial charge in [-0.1, -0.05) is 27.7 Å². The summed E-state index contributed by atoms with van der Waals surface area (Å²) in [4.78, 5) is 0. The summed E-state index contributed by atoms with van der Waals surface area (Å²) in [6.07, 6.45) is 0. The monoisotopic (exact) mass is 271 g/mol. The van der Waals surface area contributed by atoms with E-state index < -0.39 is 0 Å². The fourth-order valence-corrected chi connectivity index (χ4v) is 3.15. The number of benzene rings is 1. The van der Waals surface area contributed by atoms with Gasteiger partial charge in [-0.3, -0.25) is 0 Å². The lowest BCUT2D eigenvalue weighted by Crippen LogP contribution is -2.06. The van der Waals surface area contributed by atoms with E-state index in [1.807, 2.05) is 29.8 Å². The maximum absolute atomic E-state index is 5.88. The summed E-state index contributed by atoms with van der Waals surface area (Å²) in [6.45, 7) is 11.0. The summed E-state index contributed by atoms with van der Waals surface area (Å²) < 4.78 is 1.96. The Bertz CT molecular complexity index is 655. The first kappa shape index (κ1) is 13.1. The average Bonchev–Trinajstić information content (AvgIpc) is 2.71. The third kappa shape index (κ3) is 1.58. The zero-order chi connectivity index (χ0) is 14.7. The van der Waals surface area contributed by atoms with Crippen LogP contribution in [0.1, 0.15) is 39.3 Å². The number of nitrogens with two attached hydrogens (primary N) is 1. The summed E-state index contributed by atoms with van der Waals surface area (Å²) >= 11 is 0. The molecule has 0 saturated heterocycles. The highest BCUT2D eigenvalue weighted by molar-refractivity contribution is 5.62. The number of rotatable bonds is 2. The zero-order valence-electron chi connectivity index (χ0n) is 12.7. The van der Waals surface area contributed by atoms with E-state index in [0.29, 0.717) is 6.04 Å². The quantitative estimate of drug-likeness (QED) is 0.853. The van der Waals surface area contributed by atoms with E-state index in [9.17, 15) is 0 Å². The molecule has 106 valence electrons. The zero-order valence-corrected chi connectivity index (χ0v) is 12.7. The minimum Gasteiger partial charge on any atom is -0.399 e. The van der Waals surface area contributed by atoms with Crippen molar-refractivity contribution in [1.82, 2.24) is 20.2 Å². The molecule has 0 radical (unpaired) electrons. The highest BCUT2D eigenvalue weighted by Crippen LogP contribution is 2.71. The molecule has 0 amide bonds. The first-order valence-corrected chi connectivity index (χ1v) is 6.91. The van der Waals surface area contributed by atoms with Gasteiger partial charge in [-0.05, 0) is 51.9 Å². The van der Waals surface area contributed by atoms with E-state index >= 15 is 0 Å². The minimum absolute atomic E-state index is 0.194. The standard InChI is InChI=1S/C15H21N5/c1-9-8-10(6-7-11(9)16)12-17-18-19-20(12)13-14(2,3)15(13,4)5/h6-8,13H,16H2,1-5H3. The Morgan fingerprint density at radius 2 is 1.80 bits per heavy atom. The third-order valence-corrected chi connectivity index (χ3v) is 5.21. The van der Waals surface area contributed by atoms with Crippen LogP contribution in [0.3, 0.4) is 0 Å². The van der Waals surface area contributed by atoms with Crippen LogP contribution in [0.5, 0.6) is 0 Å². The smallest absolute Gasteiger partial charge is 0.182 e. The van der Waals surface area contributed by atoms with Crippen molar-refractivity contribution in [2.45, 2.75) is 40.7 Å². The summed E-state index contributed by atoms with van der Waals surface area (Å²) in [5, 5.41) is 12.3. The van der Waals surface area contributed by atoms with Crippen molar-refractivity contribution in [1.29, 1.82) is 0 Å². The number of nitrogens with zero attached hydrogens (tertiary/aromatic N) is 4. The minimum atomic E-state index is 0.194. The summed E-state index contributed by atoms with van der Waals surface area (Å²) in [5.41, 5.74) is 9.12. The van der Waals surface area contributed by atoms with Gasteiger partial charge in [0.2, 0.25) is 0 Å². The normalized spacial score (nSPS) is 20.1. The summed E-state index contributed by atoms with van der Waals surface area (Å²) in [6, 6.07) is 6.25. The highest BCUT2D eigenvalue weighted by Gasteiger charge is 2.67. The van der Waals surface area contributed by atoms with Crippen LogP contribution in [0, 0.1) is 17.8 Å². The second-order valence-corrected chi connectivity index (χ2v) is 6.86. The molecule has 0 unspecified atom stereocenters. The van der Waals surface area contributed by atoms with E-state index in [2.05, 4.69) is 43.2 Å². The van der Waals surface area contributed by atoms with Crippen LogP contribution in [0.4, 0.5) is 5.69 Å². The van der Waals surface area contributed by atoms with Crippen LogP contribution >= 0.6 is 0 Å². The number of aryl methyl sites for hydroxylation is 1. The van der Waals surface area contributed by atoms with Gasteiger partial charge in [0, 0.05) is 11.3 Å². The number of aromatic nitrogens is 4. The first-order chi connectivity index (χ1) is 9.26. The van der Waals surface area contributed by atoms with Crippen molar-refractivity contribution in [3.63, 3.8) is 0 Å². The second-order valence-electron chi connectivity index (χ2n) is 6.86. The van der Waals surface area contributed by atoms with Crippen LogP contribution in [0.25, 0.3) is 11.4 Å². The van der Waals surface area contributed by atoms with Gasteiger partial charge < -0.3 is 5.73 Å². The van der Waals surface area contributed by atoms with Gasteiger partial charge in [-0.25, -0.2) is 4.68 Å². The van der Waals surface area contributed by atoms with Crippen molar-refractivity contribution in [2.75, 3.05) is 5.73 Å². The van der Waals surface area contributed by atoms with Gasteiger partial charge >= 0.3 is 0 Å². The number of tetrazole rings is 1. The Morgan fingerprint density at radius 3 is 2.35 bits per heavy atom. The van der Waals surface area contributed by atoms with Crippen LogP contribution < -0.4 is 5.73 Å². The number of hydrogen-bond donors (Lipinski definition) is 1. The molecule has 2 aromatic rings. The molecule has 5 heteroatoms. The van der Waals surface area contributed by atoms with Gasteiger partial charge in [0.1, 0.15) is 0 Å². The Morgan fingerprint density at radius 1 is 1.15 bits per heavy atom. The van der Waals surface area contributed by atoms with Gasteiger partial charge in [0.15, 0.2) is 5.82 Å². The average molecular weight is 271 g/mol. The van der Waals surface area contributed by atoms with E-state index in [-0.39, 0.29) is 10.8 Å². The molecule has 1 aliphatic carbocycles. The molecule has 1 aromatic carbocycles. The van der Waals surface area contributed by atoms with E-state index in [4.69, 9.17) is 5.73 Å². The molecule has 0 bridgehead atoms. The number of nitrogen functional groups attached to an aromatic ring is 1. The fraction of sp³-hybridized carbons (Fsp3) is 0.533. The van der Waals surface area contributed by atoms with Gasteiger partial charge in [0.05, 0.1) is 6.04 Å². The maximum Gasteiger partial charge on any atom is 0.182 e. The molecular weight excluding hydrogens is 250 g/mol. The maximum atomic E-state index is 5.88. The topological polar surface area (TPSA) is 69.6 Å². The Hall–Kier alpha value is -1.91. The molecule has 0 aliphatic heterocycles. The Labute approximate surface area is 119 Å². The summed E-state index contributed by atoms with van der Waals surface area (Å²) in [7, 11) is 0. The summed E-state index contributed by atoms with van der Waals surface area (Å²) in [5.74, 6) is 0.816. The highest BCUT2D eigenvalue weighted by atomic mass is 15.6. The van der Waals surface area contributed by atoms with Gasteiger partial charge in [-0.2, -0.15) is 0 Å². The van der Waals surface area contributed by atoms with Crippen LogP contribution in [0.15, 0.2) is 18.2 Å². The molecule has 1 fully saturated rings. The molecule has 1 saturated carbocycles.